The van der Waals surface area contributed by atoms with E-state index >= 15 is 0 Å². The molecule has 1 fully saturated rings. The molecule has 6 nitrogen and oxygen atoms in total. The van der Waals surface area contributed by atoms with Gasteiger partial charge in [-0.25, -0.2) is 4.98 Å². The van der Waals surface area contributed by atoms with E-state index in [1.165, 1.54) is 11.3 Å². The normalized spacial score (nSPS) is 19.1. The van der Waals surface area contributed by atoms with Crippen molar-refractivity contribution in [1.29, 1.82) is 0 Å². The van der Waals surface area contributed by atoms with Crippen LogP contribution in [0, 0.1) is 0 Å². The van der Waals surface area contributed by atoms with Crippen molar-refractivity contribution >= 4 is 34.0 Å². The zero-order chi connectivity index (χ0) is 14.5. The van der Waals surface area contributed by atoms with E-state index in [0.29, 0.717) is 41.5 Å². The van der Waals surface area contributed by atoms with Gasteiger partial charge in [0, 0.05) is 13.1 Å². The molecule has 1 aromatic rings. The van der Waals surface area contributed by atoms with Crippen molar-refractivity contribution in [2.75, 3.05) is 31.2 Å². The molecule has 2 rings (SSSR count). The predicted molar refractivity (Wildman–Crippen MR) is 78.3 cm³/mol. The van der Waals surface area contributed by atoms with Crippen molar-refractivity contribution in [2.24, 2.45) is 0 Å². The number of nitrogens with one attached hydrogen (secondary N) is 1. The summed E-state index contributed by atoms with van der Waals surface area (Å²) in [4.78, 5) is 18.9. The Hall–Kier alpha value is -0.890. The smallest absolute Gasteiger partial charge is 0.245 e. The minimum absolute atomic E-state index is 0.0663. The molecule has 0 saturated carbocycles. The van der Waals surface area contributed by atoms with Crippen molar-refractivity contribution in [1.82, 2.24) is 10.3 Å². The van der Waals surface area contributed by atoms with Crippen LogP contribution in [-0.2, 0) is 16.1 Å². The molecule has 1 amide bonds. The summed E-state index contributed by atoms with van der Waals surface area (Å²) in [7, 11) is 0. The first-order valence-electron chi connectivity index (χ1n) is 6.55. The molecule has 1 aromatic heterocycles. The maximum Gasteiger partial charge on any atom is 0.245 e. The fourth-order valence-electron chi connectivity index (χ4n) is 1.96. The van der Waals surface area contributed by atoms with Crippen LogP contribution in [0.5, 0.6) is 0 Å². The third-order valence-corrected chi connectivity index (χ3v) is 4.51. The second-order valence-electron chi connectivity index (χ2n) is 4.44. The molecular formula is C12H18ClN3O3S. The van der Waals surface area contributed by atoms with Gasteiger partial charge in [0.05, 0.1) is 24.7 Å². The van der Waals surface area contributed by atoms with E-state index in [0.717, 1.165) is 6.42 Å². The molecule has 1 saturated heterocycles. The molecule has 0 bridgehead atoms. The van der Waals surface area contributed by atoms with Gasteiger partial charge >= 0.3 is 0 Å². The molecule has 1 aliphatic heterocycles. The lowest BCUT2D eigenvalue weighted by atomic mass is 10.2. The van der Waals surface area contributed by atoms with Gasteiger partial charge in [0.25, 0.3) is 0 Å². The molecule has 0 aliphatic carbocycles. The molecular weight excluding hydrogens is 302 g/mol. The summed E-state index contributed by atoms with van der Waals surface area (Å²) in [6, 6.07) is -0.399. The number of anilines is 1. The molecule has 2 heterocycles. The van der Waals surface area contributed by atoms with Gasteiger partial charge in [0.15, 0.2) is 5.13 Å². The van der Waals surface area contributed by atoms with E-state index in [4.69, 9.17) is 16.3 Å². The maximum absolute atomic E-state index is 12.2. The van der Waals surface area contributed by atoms with Gasteiger partial charge in [0.2, 0.25) is 5.91 Å². The number of aliphatic hydroxyl groups is 1. The first-order chi connectivity index (χ1) is 9.67. The third-order valence-electron chi connectivity index (χ3n) is 3.01. The van der Waals surface area contributed by atoms with Crippen molar-refractivity contribution < 1.29 is 14.6 Å². The number of hydrogen-bond donors (Lipinski definition) is 2. The summed E-state index contributed by atoms with van der Waals surface area (Å²) in [6.07, 6.45) is 0.886. The second kappa shape index (κ2) is 7.21. The topological polar surface area (TPSA) is 74.7 Å². The highest BCUT2D eigenvalue weighted by Gasteiger charge is 2.31. The van der Waals surface area contributed by atoms with Crippen LogP contribution < -0.4 is 10.2 Å². The standard InChI is InChI=1S/C12H18ClN3O3S/c1-2-3-14-11(18)8-7-19-5-4-16(8)12-15-10(13)9(6-17)20-12/h8,17H,2-7H2,1H3,(H,14,18). The highest BCUT2D eigenvalue weighted by molar-refractivity contribution is 7.16. The molecule has 1 aliphatic rings. The molecule has 0 radical (unpaired) electrons. The van der Waals surface area contributed by atoms with Crippen molar-refractivity contribution in [3.63, 3.8) is 0 Å². The molecule has 8 heteroatoms. The third kappa shape index (κ3) is 3.41. The second-order valence-corrected chi connectivity index (χ2v) is 5.86. The summed E-state index contributed by atoms with van der Waals surface area (Å²) < 4.78 is 5.39. The van der Waals surface area contributed by atoms with Crippen LogP contribution in [-0.4, -0.2) is 48.3 Å². The summed E-state index contributed by atoms with van der Waals surface area (Å²) in [6.45, 7) is 3.96. The lowest BCUT2D eigenvalue weighted by Crippen LogP contribution is -2.54. The van der Waals surface area contributed by atoms with Crippen LogP contribution in [0.15, 0.2) is 0 Å². The Morgan fingerprint density at radius 1 is 1.70 bits per heavy atom. The summed E-state index contributed by atoms with van der Waals surface area (Å²) in [5.41, 5.74) is 0. The predicted octanol–water partition coefficient (Wildman–Crippen LogP) is 1.02. The van der Waals surface area contributed by atoms with Gasteiger partial charge in [-0.2, -0.15) is 0 Å². The molecule has 20 heavy (non-hydrogen) atoms. The van der Waals surface area contributed by atoms with Crippen LogP contribution in [0.1, 0.15) is 18.2 Å². The number of carbonyl (C=O) groups is 1. The van der Waals surface area contributed by atoms with Crippen LogP contribution in [0.4, 0.5) is 5.13 Å². The Balaban J connectivity index is 2.15. The van der Waals surface area contributed by atoms with Crippen molar-refractivity contribution in [3.05, 3.63) is 10.0 Å². The number of morpholine rings is 1. The van der Waals surface area contributed by atoms with Crippen LogP contribution in [0.3, 0.4) is 0 Å². The number of carbonyl (C=O) groups excluding carboxylic acids is 1. The Morgan fingerprint density at radius 2 is 2.50 bits per heavy atom. The minimum atomic E-state index is -0.399. The Bertz CT molecular complexity index is 469. The summed E-state index contributed by atoms with van der Waals surface area (Å²) in [5, 5.41) is 13.0. The van der Waals surface area contributed by atoms with Gasteiger partial charge < -0.3 is 20.1 Å². The number of nitrogens with zero attached hydrogens (tertiary/aromatic N) is 2. The highest BCUT2D eigenvalue weighted by atomic mass is 35.5. The van der Waals surface area contributed by atoms with Crippen LogP contribution >= 0.6 is 22.9 Å². The fourth-order valence-corrected chi connectivity index (χ4v) is 3.15. The number of halogens is 1. The van der Waals surface area contributed by atoms with Crippen molar-refractivity contribution in [3.8, 4) is 0 Å². The molecule has 2 N–H and O–H groups in total. The average molecular weight is 320 g/mol. The van der Waals surface area contributed by atoms with Gasteiger partial charge in [-0.15, -0.1) is 0 Å². The number of ether oxygens (including phenoxy) is 1. The zero-order valence-electron chi connectivity index (χ0n) is 11.3. The van der Waals surface area contributed by atoms with Crippen molar-refractivity contribution in [2.45, 2.75) is 26.0 Å². The Labute approximate surface area is 126 Å². The lowest BCUT2D eigenvalue weighted by molar-refractivity contribution is -0.124. The molecule has 0 spiro atoms. The first-order valence-corrected chi connectivity index (χ1v) is 7.75. The molecule has 112 valence electrons. The largest absolute Gasteiger partial charge is 0.391 e. The minimum Gasteiger partial charge on any atom is -0.391 e. The summed E-state index contributed by atoms with van der Waals surface area (Å²) >= 11 is 7.26. The zero-order valence-corrected chi connectivity index (χ0v) is 12.8. The fraction of sp³-hybridized carbons (Fsp3) is 0.667. The maximum atomic E-state index is 12.2. The monoisotopic (exact) mass is 319 g/mol. The number of amides is 1. The molecule has 0 aromatic carbocycles. The van der Waals surface area contributed by atoms with E-state index < -0.39 is 6.04 Å². The van der Waals surface area contributed by atoms with E-state index in [9.17, 15) is 9.90 Å². The number of rotatable bonds is 5. The van der Waals surface area contributed by atoms with E-state index in [1.54, 1.807) is 0 Å². The number of aliphatic hydroxyl groups excluding tert-OH is 1. The number of aromatic nitrogens is 1. The SMILES string of the molecule is CCCNC(=O)C1COCCN1c1nc(Cl)c(CO)s1. The number of thiazole rings is 1. The average Bonchev–Trinajstić information content (AvgIpc) is 2.85. The van der Waals surface area contributed by atoms with Gasteiger partial charge in [-0.05, 0) is 6.42 Å². The van der Waals surface area contributed by atoms with Gasteiger partial charge in [-0.1, -0.05) is 29.9 Å². The summed E-state index contributed by atoms with van der Waals surface area (Å²) in [5.74, 6) is -0.0663. The van der Waals surface area contributed by atoms with Crippen LogP contribution in [0.25, 0.3) is 0 Å². The van der Waals surface area contributed by atoms with Crippen LogP contribution in [0.2, 0.25) is 5.15 Å². The Kier molecular flexibility index (Phi) is 5.59. The van der Waals surface area contributed by atoms with E-state index in [1.807, 2.05) is 11.8 Å². The molecule has 1 atom stereocenters. The first kappa shape index (κ1) is 15.5. The van der Waals surface area contributed by atoms with Gasteiger partial charge in [0.1, 0.15) is 11.2 Å². The Morgan fingerprint density at radius 3 is 3.15 bits per heavy atom. The van der Waals surface area contributed by atoms with E-state index in [-0.39, 0.29) is 12.5 Å². The number of hydrogen-bond acceptors (Lipinski definition) is 6. The van der Waals surface area contributed by atoms with Gasteiger partial charge in [-0.3, -0.25) is 4.79 Å². The molecule has 1 unspecified atom stereocenters. The lowest BCUT2D eigenvalue weighted by Gasteiger charge is -2.34. The quantitative estimate of drug-likeness (QED) is 0.847. The van der Waals surface area contributed by atoms with E-state index in [2.05, 4.69) is 10.3 Å². The highest BCUT2D eigenvalue weighted by Crippen LogP contribution is 2.31.